The monoisotopic (exact) mass is 628 g/mol. The normalized spacial score (nSPS) is 13.3. The first-order chi connectivity index (χ1) is 23.7. The van der Waals surface area contributed by atoms with Gasteiger partial charge in [0, 0.05) is 35.0 Å². The smallest absolute Gasteiger partial charge is 0.230 e. The first kappa shape index (κ1) is 28.1. The Kier molecular flexibility index (Phi) is 6.60. The molecular weight excluding hydrogens is 599 g/mol. The molecule has 0 spiro atoms. The molecular formula is C40H29FN6O. The van der Waals surface area contributed by atoms with Crippen LogP contribution in [0.2, 0.25) is 0 Å². The van der Waals surface area contributed by atoms with Crippen molar-refractivity contribution in [3.8, 4) is 33.9 Å². The van der Waals surface area contributed by atoms with E-state index in [2.05, 4.69) is 51.5 Å². The Bertz CT molecular complexity index is 2280. The highest BCUT2D eigenvalue weighted by Gasteiger charge is 2.40. The number of imidazole rings is 1. The number of pyridine rings is 1. The average Bonchev–Trinajstić information content (AvgIpc) is 3.50. The van der Waals surface area contributed by atoms with Gasteiger partial charge < -0.3 is 4.52 Å². The van der Waals surface area contributed by atoms with Crippen molar-refractivity contribution in [3.05, 3.63) is 174 Å². The van der Waals surface area contributed by atoms with Crippen LogP contribution in [0.25, 0.3) is 39.5 Å². The van der Waals surface area contributed by atoms with Crippen LogP contribution in [0, 0.1) is 5.82 Å². The Morgan fingerprint density at radius 1 is 0.688 bits per heavy atom. The third-order valence-electron chi connectivity index (χ3n) is 9.18. The number of nitrogens with zero attached hydrogens (tertiary/aromatic N) is 6. The van der Waals surface area contributed by atoms with Gasteiger partial charge in [0.25, 0.3) is 0 Å². The summed E-state index contributed by atoms with van der Waals surface area (Å²) in [6.07, 6.45) is 7.92. The van der Waals surface area contributed by atoms with Crippen molar-refractivity contribution in [1.29, 1.82) is 0 Å². The lowest BCUT2D eigenvalue weighted by Crippen LogP contribution is -2.38. The van der Waals surface area contributed by atoms with E-state index in [0.29, 0.717) is 28.9 Å². The molecule has 8 aromatic rings. The zero-order valence-corrected chi connectivity index (χ0v) is 25.8. The van der Waals surface area contributed by atoms with Gasteiger partial charge in [0.1, 0.15) is 28.4 Å². The van der Waals surface area contributed by atoms with Crippen molar-refractivity contribution in [2.45, 2.75) is 24.3 Å². The third kappa shape index (κ3) is 4.56. The lowest BCUT2D eigenvalue weighted by molar-refractivity contribution is 0.380. The predicted octanol–water partition coefficient (Wildman–Crippen LogP) is 8.77. The fourth-order valence-electron chi connectivity index (χ4n) is 6.68. The summed E-state index contributed by atoms with van der Waals surface area (Å²) in [6, 6.07) is 41.7. The van der Waals surface area contributed by atoms with Crippen LogP contribution in [0.4, 0.5) is 4.39 Å². The number of rotatable bonds is 8. The minimum Gasteiger partial charge on any atom is -0.339 e. The van der Waals surface area contributed by atoms with Crippen LogP contribution in [-0.4, -0.2) is 29.3 Å². The highest BCUT2D eigenvalue weighted by molar-refractivity contribution is 5.81. The van der Waals surface area contributed by atoms with Crippen LogP contribution in [0.3, 0.4) is 0 Å². The van der Waals surface area contributed by atoms with Gasteiger partial charge in [-0.1, -0.05) is 108 Å². The van der Waals surface area contributed by atoms with Gasteiger partial charge in [-0.05, 0) is 53.8 Å². The van der Waals surface area contributed by atoms with E-state index in [-0.39, 0.29) is 5.82 Å². The lowest BCUT2D eigenvalue weighted by atomic mass is 9.77. The van der Waals surface area contributed by atoms with E-state index in [9.17, 15) is 0 Å². The van der Waals surface area contributed by atoms with Crippen molar-refractivity contribution in [2.75, 3.05) is 0 Å². The second-order valence-corrected chi connectivity index (χ2v) is 12.1. The van der Waals surface area contributed by atoms with Crippen molar-refractivity contribution in [1.82, 2.24) is 29.3 Å². The molecule has 0 radical (unpaired) electrons. The molecule has 0 saturated heterocycles. The molecule has 0 aliphatic heterocycles. The molecule has 0 amide bonds. The van der Waals surface area contributed by atoms with Crippen LogP contribution in [0.1, 0.15) is 41.3 Å². The van der Waals surface area contributed by atoms with Gasteiger partial charge >= 0.3 is 0 Å². The largest absolute Gasteiger partial charge is 0.339 e. The highest BCUT2D eigenvalue weighted by atomic mass is 19.1. The fourth-order valence-corrected chi connectivity index (χ4v) is 6.68. The summed E-state index contributed by atoms with van der Waals surface area (Å²) in [6.45, 7) is 0. The Morgan fingerprint density at radius 2 is 1.31 bits per heavy atom. The maximum absolute atomic E-state index is 15.7. The van der Waals surface area contributed by atoms with E-state index in [4.69, 9.17) is 9.62 Å². The quantitative estimate of drug-likeness (QED) is 0.157. The average molecular weight is 629 g/mol. The number of fused-ring (bicyclic) bond motifs is 1. The maximum atomic E-state index is 15.7. The summed E-state index contributed by atoms with van der Waals surface area (Å²) in [7, 11) is 0. The summed E-state index contributed by atoms with van der Waals surface area (Å²) < 4.78 is 25.2. The molecule has 48 heavy (non-hydrogen) atoms. The molecule has 0 bridgehead atoms. The molecule has 1 aliphatic carbocycles. The number of benzene rings is 4. The molecule has 1 aliphatic rings. The molecule has 4 aromatic heterocycles. The summed E-state index contributed by atoms with van der Waals surface area (Å²) in [5, 5.41) is 9.58. The molecule has 232 valence electrons. The second kappa shape index (κ2) is 11.3. The van der Waals surface area contributed by atoms with Crippen molar-refractivity contribution >= 4 is 5.65 Å². The highest BCUT2D eigenvalue weighted by Crippen LogP contribution is 2.44. The summed E-state index contributed by atoms with van der Waals surface area (Å²) in [4.78, 5) is 9.29. The summed E-state index contributed by atoms with van der Waals surface area (Å²) in [5.74, 6) is 1.15. The van der Waals surface area contributed by atoms with Gasteiger partial charge in [-0.3, -0.25) is 9.08 Å². The Balaban J connectivity index is 1.31. The Morgan fingerprint density at radius 3 is 1.94 bits per heavy atom. The van der Waals surface area contributed by atoms with Gasteiger partial charge in [-0.15, -0.1) is 0 Å². The van der Waals surface area contributed by atoms with E-state index in [1.807, 2.05) is 94.3 Å². The molecule has 0 unspecified atom stereocenters. The number of hydrogen-bond acceptors (Lipinski definition) is 5. The van der Waals surface area contributed by atoms with E-state index >= 15 is 4.39 Å². The van der Waals surface area contributed by atoms with E-state index in [0.717, 1.165) is 52.0 Å². The van der Waals surface area contributed by atoms with Gasteiger partial charge in [0.05, 0.1) is 6.20 Å². The lowest BCUT2D eigenvalue weighted by Gasteiger charge is -2.36. The molecule has 8 heteroatoms. The Labute approximate surface area is 276 Å². The predicted molar refractivity (Wildman–Crippen MR) is 182 cm³/mol. The second-order valence-electron chi connectivity index (χ2n) is 12.1. The van der Waals surface area contributed by atoms with Crippen LogP contribution >= 0.6 is 0 Å². The fraction of sp³-hybridized carbons (Fsp3) is 0.100. The molecule has 4 aromatic carbocycles. The Hall–Kier alpha value is -6.15. The minimum absolute atomic E-state index is 0.342. The molecule has 1 saturated carbocycles. The first-order valence-electron chi connectivity index (χ1n) is 16.0. The number of aromatic nitrogens is 6. The van der Waals surface area contributed by atoms with E-state index < -0.39 is 5.54 Å². The standard InChI is InChI=1S/C40H29FN6O/c41-34-19-11-10-18-32(34)37-33(28-22-23-36-42-24-35(46(36)25-28)38-43-39(48-45-38)27-20-21-27)26-47(44-37)40(29-12-4-1-5-13-29,30-14-6-2-7-15-30)31-16-8-3-9-17-31/h1-19,22-27H,20-21H2. The zero-order chi connectivity index (χ0) is 32.1. The maximum Gasteiger partial charge on any atom is 0.230 e. The van der Waals surface area contributed by atoms with Crippen LogP contribution in [-0.2, 0) is 5.54 Å². The van der Waals surface area contributed by atoms with E-state index in [1.54, 1.807) is 18.3 Å². The zero-order valence-electron chi connectivity index (χ0n) is 25.8. The minimum atomic E-state index is -0.879. The molecule has 1 fully saturated rings. The summed E-state index contributed by atoms with van der Waals surface area (Å²) in [5.41, 5.74) is 6.17. The van der Waals surface area contributed by atoms with Gasteiger partial charge in [-0.25, -0.2) is 9.37 Å². The molecule has 7 nitrogen and oxygen atoms in total. The summed E-state index contributed by atoms with van der Waals surface area (Å²) >= 11 is 0. The van der Waals surface area contributed by atoms with Crippen LogP contribution < -0.4 is 0 Å². The van der Waals surface area contributed by atoms with Crippen molar-refractivity contribution < 1.29 is 8.91 Å². The molecule has 0 N–H and O–H groups in total. The van der Waals surface area contributed by atoms with Gasteiger partial charge in [0.15, 0.2) is 0 Å². The SMILES string of the molecule is Fc1ccccc1-c1nn(C(c2ccccc2)(c2ccccc2)c2ccccc2)cc1-c1ccc2ncc(-c3noc(C4CC4)n3)n2c1. The van der Waals surface area contributed by atoms with Crippen LogP contribution in [0.15, 0.2) is 151 Å². The molecule has 9 rings (SSSR count). The molecule has 4 heterocycles. The van der Waals surface area contributed by atoms with E-state index in [1.165, 1.54) is 6.07 Å². The third-order valence-corrected chi connectivity index (χ3v) is 9.18. The number of hydrogen-bond donors (Lipinski definition) is 0. The number of halogens is 1. The van der Waals surface area contributed by atoms with Gasteiger partial charge in [-0.2, -0.15) is 10.1 Å². The topological polar surface area (TPSA) is 74.0 Å². The molecule has 0 atom stereocenters. The van der Waals surface area contributed by atoms with Crippen LogP contribution in [0.5, 0.6) is 0 Å². The first-order valence-corrected chi connectivity index (χ1v) is 16.0. The van der Waals surface area contributed by atoms with Crippen molar-refractivity contribution in [2.24, 2.45) is 0 Å². The van der Waals surface area contributed by atoms with Gasteiger partial charge in [0.2, 0.25) is 11.7 Å². The van der Waals surface area contributed by atoms with Crippen molar-refractivity contribution in [3.63, 3.8) is 0 Å².